The second-order valence-corrected chi connectivity index (χ2v) is 7.58. The Hall–Kier alpha value is -0.350. The molecule has 0 aliphatic heterocycles. The average molecular weight is 356 g/mol. The predicted molar refractivity (Wildman–Crippen MR) is 92.4 cm³/mol. The van der Waals surface area contributed by atoms with Gasteiger partial charge >= 0.3 is 0 Å². The van der Waals surface area contributed by atoms with E-state index in [1.54, 1.807) is 0 Å². The lowest BCUT2D eigenvalue weighted by molar-refractivity contribution is 0.346. The van der Waals surface area contributed by atoms with Crippen molar-refractivity contribution in [2.75, 3.05) is 0 Å². The van der Waals surface area contributed by atoms with Gasteiger partial charge in [0.15, 0.2) is 0 Å². The minimum Gasteiger partial charge on any atom is -0.325 e. The van der Waals surface area contributed by atoms with Crippen LogP contribution in [-0.2, 0) is 13.0 Å². The highest BCUT2D eigenvalue weighted by molar-refractivity contribution is 9.10. The van der Waals surface area contributed by atoms with Crippen LogP contribution in [0.4, 0.5) is 0 Å². The molecule has 120 valence electrons. The van der Waals surface area contributed by atoms with Crippen molar-refractivity contribution in [3.63, 3.8) is 0 Å². The van der Waals surface area contributed by atoms with Crippen LogP contribution in [0.5, 0.6) is 0 Å². The van der Waals surface area contributed by atoms with Gasteiger partial charge in [-0.05, 0) is 55.0 Å². The Kier molecular flexibility index (Phi) is 5.89. The van der Waals surface area contributed by atoms with Gasteiger partial charge in [0.05, 0.1) is 15.9 Å². The Morgan fingerprint density at radius 1 is 1.33 bits per heavy atom. The van der Waals surface area contributed by atoms with E-state index in [1.165, 1.54) is 37.8 Å². The van der Waals surface area contributed by atoms with Gasteiger partial charge in [-0.3, -0.25) is 4.68 Å². The molecular formula is C17H30BrN3. The van der Waals surface area contributed by atoms with E-state index in [9.17, 15) is 0 Å². The van der Waals surface area contributed by atoms with E-state index in [2.05, 4.69) is 46.5 Å². The molecule has 1 aromatic heterocycles. The standard InChI is InChI=1S/C17H30BrN3/c1-4-7-14-8-6-10-17(19,11-9-14)12-15-16(18)13(3)20-21(15)5-2/h14H,4-12,19H2,1-3H3. The molecule has 4 heteroatoms. The van der Waals surface area contributed by atoms with Gasteiger partial charge in [-0.15, -0.1) is 0 Å². The zero-order valence-corrected chi connectivity index (χ0v) is 15.4. The maximum absolute atomic E-state index is 6.79. The first-order valence-corrected chi connectivity index (χ1v) is 9.29. The molecule has 2 atom stereocenters. The number of hydrogen-bond donors (Lipinski definition) is 1. The fourth-order valence-corrected chi connectivity index (χ4v) is 4.17. The van der Waals surface area contributed by atoms with Gasteiger partial charge in [0.25, 0.3) is 0 Å². The number of aromatic nitrogens is 2. The maximum Gasteiger partial charge on any atom is 0.0738 e. The van der Waals surface area contributed by atoms with Crippen LogP contribution in [-0.4, -0.2) is 15.3 Å². The molecule has 2 unspecified atom stereocenters. The minimum atomic E-state index is -0.0512. The molecule has 2 N–H and O–H groups in total. The quantitative estimate of drug-likeness (QED) is 0.784. The van der Waals surface area contributed by atoms with Crippen LogP contribution in [0.3, 0.4) is 0 Å². The van der Waals surface area contributed by atoms with Gasteiger partial charge in [-0.2, -0.15) is 5.10 Å². The first-order chi connectivity index (χ1) is 9.99. The topological polar surface area (TPSA) is 43.8 Å². The van der Waals surface area contributed by atoms with Gasteiger partial charge in [0, 0.05) is 18.5 Å². The van der Waals surface area contributed by atoms with E-state index in [1.807, 2.05) is 0 Å². The second-order valence-electron chi connectivity index (χ2n) is 6.79. The van der Waals surface area contributed by atoms with Crippen molar-refractivity contribution in [3.05, 3.63) is 15.9 Å². The third-order valence-electron chi connectivity index (χ3n) is 5.01. The molecule has 0 amide bonds. The Morgan fingerprint density at radius 3 is 2.76 bits per heavy atom. The van der Waals surface area contributed by atoms with Crippen molar-refractivity contribution in [2.24, 2.45) is 11.7 Å². The first kappa shape index (κ1) is 17.0. The van der Waals surface area contributed by atoms with Crippen LogP contribution in [0.1, 0.15) is 70.2 Å². The van der Waals surface area contributed by atoms with Gasteiger partial charge in [0.1, 0.15) is 0 Å². The van der Waals surface area contributed by atoms with Gasteiger partial charge < -0.3 is 5.73 Å². The molecule has 3 nitrogen and oxygen atoms in total. The highest BCUT2D eigenvalue weighted by Crippen LogP contribution is 2.35. The van der Waals surface area contributed by atoms with E-state index < -0.39 is 0 Å². The summed E-state index contributed by atoms with van der Waals surface area (Å²) < 4.78 is 3.27. The summed E-state index contributed by atoms with van der Waals surface area (Å²) in [5.41, 5.74) is 9.10. The summed E-state index contributed by atoms with van der Waals surface area (Å²) in [6.45, 7) is 7.42. The molecule has 1 aliphatic rings. The van der Waals surface area contributed by atoms with E-state index in [-0.39, 0.29) is 5.54 Å². The van der Waals surface area contributed by atoms with E-state index in [0.29, 0.717) is 0 Å². The smallest absolute Gasteiger partial charge is 0.0738 e. The Balaban J connectivity index is 2.11. The Bertz CT molecular complexity index is 469. The van der Waals surface area contributed by atoms with Gasteiger partial charge in [-0.1, -0.05) is 32.6 Å². The Morgan fingerprint density at radius 2 is 2.10 bits per heavy atom. The summed E-state index contributed by atoms with van der Waals surface area (Å²) >= 11 is 3.71. The Labute approximate surface area is 137 Å². The third kappa shape index (κ3) is 4.10. The van der Waals surface area contributed by atoms with Gasteiger partial charge in [-0.25, -0.2) is 0 Å². The molecule has 1 aliphatic carbocycles. The fourth-order valence-electron chi connectivity index (χ4n) is 3.75. The molecule has 0 bridgehead atoms. The molecule has 2 rings (SSSR count). The fraction of sp³-hybridized carbons (Fsp3) is 0.824. The summed E-state index contributed by atoms with van der Waals surface area (Å²) in [6.07, 6.45) is 9.84. The van der Waals surface area contributed by atoms with Crippen molar-refractivity contribution in [2.45, 2.75) is 84.2 Å². The second kappa shape index (κ2) is 7.28. The van der Waals surface area contributed by atoms with Crippen LogP contribution in [0.2, 0.25) is 0 Å². The van der Waals surface area contributed by atoms with E-state index >= 15 is 0 Å². The van der Waals surface area contributed by atoms with Crippen LogP contribution in [0, 0.1) is 12.8 Å². The molecule has 0 aromatic carbocycles. The van der Waals surface area contributed by atoms with E-state index in [0.717, 1.165) is 41.9 Å². The number of rotatable bonds is 5. The summed E-state index contributed by atoms with van der Waals surface area (Å²) in [7, 11) is 0. The molecule has 0 saturated heterocycles. The van der Waals surface area contributed by atoms with Crippen molar-refractivity contribution in [3.8, 4) is 0 Å². The average Bonchev–Trinajstić information content (AvgIpc) is 2.62. The predicted octanol–water partition coefficient (Wildman–Crippen LogP) is 4.59. The normalized spacial score (nSPS) is 26.8. The zero-order chi connectivity index (χ0) is 15.5. The summed E-state index contributed by atoms with van der Waals surface area (Å²) in [6, 6.07) is 0. The minimum absolute atomic E-state index is 0.0512. The number of halogens is 1. The third-order valence-corrected chi connectivity index (χ3v) is 6.04. The number of aryl methyl sites for hydroxylation is 2. The molecule has 0 spiro atoms. The lowest BCUT2D eigenvalue weighted by Gasteiger charge is -2.28. The summed E-state index contributed by atoms with van der Waals surface area (Å²) in [4.78, 5) is 0. The summed E-state index contributed by atoms with van der Waals surface area (Å²) in [5, 5.41) is 4.61. The molecule has 1 saturated carbocycles. The molecule has 21 heavy (non-hydrogen) atoms. The lowest BCUT2D eigenvalue weighted by Crippen LogP contribution is -2.42. The first-order valence-electron chi connectivity index (χ1n) is 8.49. The van der Waals surface area contributed by atoms with Crippen molar-refractivity contribution < 1.29 is 0 Å². The number of nitrogens with two attached hydrogens (primary N) is 1. The molecule has 1 heterocycles. The number of nitrogens with zero attached hydrogens (tertiary/aromatic N) is 2. The molecule has 1 aromatic rings. The van der Waals surface area contributed by atoms with Crippen molar-refractivity contribution in [1.29, 1.82) is 0 Å². The zero-order valence-electron chi connectivity index (χ0n) is 13.8. The molecule has 0 radical (unpaired) electrons. The highest BCUT2D eigenvalue weighted by Gasteiger charge is 2.31. The lowest BCUT2D eigenvalue weighted by atomic mass is 9.85. The van der Waals surface area contributed by atoms with Crippen molar-refractivity contribution in [1.82, 2.24) is 9.78 Å². The summed E-state index contributed by atoms with van der Waals surface area (Å²) in [5.74, 6) is 0.890. The largest absolute Gasteiger partial charge is 0.325 e. The van der Waals surface area contributed by atoms with Crippen LogP contribution >= 0.6 is 15.9 Å². The number of hydrogen-bond acceptors (Lipinski definition) is 2. The van der Waals surface area contributed by atoms with Gasteiger partial charge in [0.2, 0.25) is 0 Å². The van der Waals surface area contributed by atoms with Crippen molar-refractivity contribution >= 4 is 15.9 Å². The monoisotopic (exact) mass is 355 g/mol. The highest BCUT2D eigenvalue weighted by atomic mass is 79.9. The maximum atomic E-state index is 6.79. The molecule has 1 fully saturated rings. The SMILES string of the molecule is CCCC1CCCC(N)(Cc2c(Br)c(C)nn2CC)CC1. The molecular weight excluding hydrogens is 326 g/mol. The van der Waals surface area contributed by atoms with Crippen LogP contribution < -0.4 is 5.73 Å². The van der Waals surface area contributed by atoms with Crippen LogP contribution in [0.25, 0.3) is 0 Å². The van der Waals surface area contributed by atoms with E-state index in [4.69, 9.17) is 5.73 Å². The van der Waals surface area contributed by atoms with Crippen LogP contribution in [0.15, 0.2) is 4.47 Å².